The number of hydrogen-bond acceptors (Lipinski definition) is 6. The number of ether oxygens (including phenoxy) is 2. The van der Waals surface area contributed by atoms with Crippen molar-refractivity contribution in [2.24, 2.45) is 0 Å². The lowest BCUT2D eigenvalue weighted by Gasteiger charge is -2.12. The Labute approximate surface area is 118 Å². The topological polar surface area (TPSA) is 86.5 Å². The molecule has 0 bridgehead atoms. The van der Waals surface area contributed by atoms with E-state index in [1.165, 1.54) is 0 Å². The lowest BCUT2D eigenvalue weighted by Crippen LogP contribution is -2.16. The van der Waals surface area contributed by atoms with E-state index in [0.29, 0.717) is 10.3 Å². The van der Waals surface area contributed by atoms with E-state index in [-0.39, 0.29) is 24.6 Å². The fourth-order valence-corrected chi connectivity index (χ4v) is 2.53. The molecule has 8 heteroatoms. The van der Waals surface area contributed by atoms with Gasteiger partial charge in [-0.3, -0.25) is 0 Å². The number of aliphatic hydroxyl groups is 1. The molecule has 1 aliphatic rings. The summed E-state index contributed by atoms with van der Waals surface area (Å²) in [6, 6.07) is 0. The second-order valence-corrected chi connectivity index (χ2v) is 4.89. The Hall–Kier alpha value is -0.740. The van der Waals surface area contributed by atoms with Gasteiger partial charge in [-0.25, -0.2) is 9.48 Å². The Kier molecular flexibility index (Phi) is 4.51. The van der Waals surface area contributed by atoms with Crippen molar-refractivity contribution in [2.45, 2.75) is 32.1 Å². The van der Waals surface area contributed by atoms with E-state index in [9.17, 15) is 4.79 Å². The zero-order valence-corrected chi connectivity index (χ0v) is 12.0. The van der Waals surface area contributed by atoms with Crippen molar-refractivity contribution >= 4 is 28.6 Å². The Morgan fingerprint density at radius 2 is 2.44 bits per heavy atom. The molecule has 1 aliphatic heterocycles. The monoisotopic (exact) mass is 367 g/mol. The van der Waals surface area contributed by atoms with Gasteiger partial charge >= 0.3 is 5.97 Å². The van der Waals surface area contributed by atoms with Crippen molar-refractivity contribution in [3.05, 3.63) is 9.39 Å². The zero-order chi connectivity index (χ0) is 13.1. The van der Waals surface area contributed by atoms with Gasteiger partial charge in [-0.1, -0.05) is 5.21 Å². The predicted octanol–water partition coefficient (Wildman–Crippen LogP) is 0.729. The van der Waals surface area contributed by atoms with Crippen LogP contribution in [0.2, 0.25) is 0 Å². The molecule has 1 saturated heterocycles. The van der Waals surface area contributed by atoms with Gasteiger partial charge in [0, 0.05) is 0 Å². The number of aliphatic hydroxyl groups excluding tert-OH is 1. The van der Waals surface area contributed by atoms with E-state index in [4.69, 9.17) is 14.6 Å². The first-order chi connectivity index (χ1) is 8.67. The number of esters is 1. The van der Waals surface area contributed by atoms with Gasteiger partial charge in [0.25, 0.3) is 0 Å². The molecular weight excluding hydrogens is 353 g/mol. The Balaban J connectivity index is 2.13. The molecule has 0 aliphatic carbocycles. The van der Waals surface area contributed by atoms with E-state index in [0.717, 1.165) is 12.8 Å². The molecule has 0 unspecified atom stereocenters. The maximum absolute atomic E-state index is 11.6. The van der Waals surface area contributed by atoms with Crippen molar-refractivity contribution in [1.29, 1.82) is 0 Å². The summed E-state index contributed by atoms with van der Waals surface area (Å²) in [6.45, 7) is 2.03. The Morgan fingerprint density at radius 3 is 3.06 bits per heavy atom. The van der Waals surface area contributed by atoms with E-state index < -0.39 is 5.97 Å². The maximum atomic E-state index is 11.6. The molecule has 1 aromatic heterocycles. The molecule has 18 heavy (non-hydrogen) atoms. The molecule has 2 rings (SSSR count). The van der Waals surface area contributed by atoms with Crippen molar-refractivity contribution < 1.29 is 19.4 Å². The summed E-state index contributed by atoms with van der Waals surface area (Å²) in [5, 5.41) is 16.8. The van der Waals surface area contributed by atoms with Crippen LogP contribution in [0.3, 0.4) is 0 Å². The third kappa shape index (κ3) is 2.64. The molecule has 0 saturated carbocycles. The molecule has 2 heterocycles. The average molecular weight is 367 g/mol. The summed E-state index contributed by atoms with van der Waals surface area (Å²) < 4.78 is 12.6. The van der Waals surface area contributed by atoms with Crippen LogP contribution in [0.1, 0.15) is 36.5 Å². The quantitative estimate of drug-likeness (QED) is 0.624. The first-order valence-corrected chi connectivity index (χ1v) is 6.79. The largest absolute Gasteiger partial charge is 0.461 e. The first kappa shape index (κ1) is 13.7. The number of nitrogens with zero attached hydrogens (tertiary/aromatic N) is 3. The average Bonchev–Trinajstić information content (AvgIpc) is 2.95. The zero-order valence-electron chi connectivity index (χ0n) is 9.87. The van der Waals surface area contributed by atoms with E-state index >= 15 is 0 Å². The van der Waals surface area contributed by atoms with Crippen molar-refractivity contribution in [2.75, 3.05) is 13.2 Å². The van der Waals surface area contributed by atoms with Gasteiger partial charge in [-0.15, -0.1) is 5.10 Å². The third-order valence-corrected chi connectivity index (χ3v) is 3.67. The first-order valence-electron chi connectivity index (χ1n) is 5.71. The highest BCUT2D eigenvalue weighted by molar-refractivity contribution is 14.1. The molecule has 0 amide bonds. The summed E-state index contributed by atoms with van der Waals surface area (Å²) in [4.78, 5) is 11.6. The molecule has 1 aromatic rings. The smallest absolute Gasteiger partial charge is 0.361 e. The number of rotatable bonds is 4. The summed E-state index contributed by atoms with van der Waals surface area (Å²) in [5.41, 5.74) is 0.202. The minimum atomic E-state index is -0.482. The van der Waals surface area contributed by atoms with Crippen LogP contribution in [0.5, 0.6) is 0 Å². The van der Waals surface area contributed by atoms with Crippen LogP contribution < -0.4 is 0 Å². The summed E-state index contributed by atoms with van der Waals surface area (Å²) in [5.74, 6) is -0.482. The fraction of sp³-hybridized carbons (Fsp3) is 0.700. The summed E-state index contributed by atoms with van der Waals surface area (Å²) >= 11 is 1.99. The van der Waals surface area contributed by atoms with Crippen LogP contribution in [-0.4, -0.2) is 45.4 Å². The van der Waals surface area contributed by atoms with Crippen LogP contribution in [0, 0.1) is 3.70 Å². The Morgan fingerprint density at radius 1 is 1.67 bits per heavy atom. The van der Waals surface area contributed by atoms with Gasteiger partial charge in [0.1, 0.15) is 3.70 Å². The minimum Gasteiger partial charge on any atom is -0.461 e. The molecule has 100 valence electrons. The number of aromatic nitrogens is 3. The fourth-order valence-electron chi connectivity index (χ4n) is 1.79. The lowest BCUT2D eigenvalue weighted by molar-refractivity contribution is -0.0302. The second kappa shape index (κ2) is 5.93. The SMILES string of the molecule is CCOC(=O)c1nnn([C@H]2CC[C@@H](CO)O2)c1I. The summed E-state index contributed by atoms with van der Waals surface area (Å²) in [6.07, 6.45) is 1.07. The molecule has 0 spiro atoms. The highest BCUT2D eigenvalue weighted by atomic mass is 127. The van der Waals surface area contributed by atoms with E-state index in [1.54, 1.807) is 11.6 Å². The van der Waals surface area contributed by atoms with Crippen LogP contribution in [-0.2, 0) is 9.47 Å². The molecule has 0 radical (unpaired) electrons. The van der Waals surface area contributed by atoms with Gasteiger partial charge in [0.05, 0.1) is 19.3 Å². The van der Waals surface area contributed by atoms with Gasteiger partial charge in [-0.05, 0) is 42.4 Å². The minimum absolute atomic E-state index is 0.00743. The van der Waals surface area contributed by atoms with E-state index in [2.05, 4.69) is 10.3 Å². The summed E-state index contributed by atoms with van der Waals surface area (Å²) in [7, 11) is 0. The Bertz CT molecular complexity index is 437. The molecule has 7 nitrogen and oxygen atoms in total. The van der Waals surface area contributed by atoms with Crippen molar-refractivity contribution in [1.82, 2.24) is 15.0 Å². The molecule has 1 fully saturated rings. The standard InChI is InChI=1S/C10H14IN3O4/c1-2-17-10(16)8-9(11)14(13-12-8)7-4-3-6(5-15)18-7/h6-7,15H,2-5H2,1H3/t6-,7+/m0/s1. The van der Waals surface area contributed by atoms with Gasteiger partial charge < -0.3 is 14.6 Å². The number of carbonyl (C=O) groups excluding carboxylic acids is 1. The molecular formula is C10H14IN3O4. The number of halogens is 1. The highest BCUT2D eigenvalue weighted by Gasteiger charge is 2.30. The molecule has 1 N–H and O–H groups in total. The second-order valence-electron chi connectivity index (χ2n) is 3.87. The van der Waals surface area contributed by atoms with Crippen LogP contribution >= 0.6 is 22.6 Å². The van der Waals surface area contributed by atoms with Crippen LogP contribution in [0.25, 0.3) is 0 Å². The molecule has 2 atom stereocenters. The van der Waals surface area contributed by atoms with Gasteiger partial charge in [-0.2, -0.15) is 0 Å². The van der Waals surface area contributed by atoms with Crippen molar-refractivity contribution in [3.63, 3.8) is 0 Å². The highest BCUT2D eigenvalue weighted by Crippen LogP contribution is 2.29. The van der Waals surface area contributed by atoms with E-state index in [1.807, 2.05) is 22.6 Å². The normalized spacial score (nSPS) is 23.3. The number of carbonyl (C=O) groups is 1. The van der Waals surface area contributed by atoms with Crippen molar-refractivity contribution in [3.8, 4) is 0 Å². The van der Waals surface area contributed by atoms with Gasteiger partial charge in [0.15, 0.2) is 6.23 Å². The van der Waals surface area contributed by atoms with Crippen LogP contribution in [0.15, 0.2) is 0 Å². The number of hydrogen-bond donors (Lipinski definition) is 1. The lowest BCUT2D eigenvalue weighted by atomic mass is 10.2. The molecule has 0 aromatic carbocycles. The van der Waals surface area contributed by atoms with Crippen LogP contribution in [0.4, 0.5) is 0 Å². The maximum Gasteiger partial charge on any atom is 0.361 e. The third-order valence-electron chi connectivity index (χ3n) is 2.67. The predicted molar refractivity (Wildman–Crippen MR) is 68.9 cm³/mol. The van der Waals surface area contributed by atoms with Gasteiger partial charge in [0.2, 0.25) is 5.69 Å².